The summed E-state index contributed by atoms with van der Waals surface area (Å²) in [6.45, 7) is 4.49. The van der Waals surface area contributed by atoms with E-state index in [2.05, 4.69) is 5.32 Å². The Morgan fingerprint density at radius 2 is 2.14 bits per heavy atom. The van der Waals surface area contributed by atoms with Crippen LogP contribution in [-0.4, -0.2) is 36.4 Å². The molecule has 1 atom stereocenters. The van der Waals surface area contributed by atoms with E-state index in [4.69, 9.17) is 4.74 Å². The van der Waals surface area contributed by atoms with Gasteiger partial charge in [-0.15, -0.1) is 0 Å². The summed E-state index contributed by atoms with van der Waals surface area (Å²) >= 11 is 0. The van der Waals surface area contributed by atoms with Gasteiger partial charge in [0, 0.05) is 5.56 Å². The van der Waals surface area contributed by atoms with Crippen LogP contribution >= 0.6 is 0 Å². The Balaban J connectivity index is 2.28. The summed E-state index contributed by atoms with van der Waals surface area (Å²) in [4.78, 5) is 25.9. The van der Waals surface area contributed by atoms with Gasteiger partial charge in [0.15, 0.2) is 0 Å². The summed E-state index contributed by atoms with van der Waals surface area (Å²) in [5.41, 5.74) is 2.04. The van der Waals surface area contributed by atoms with Crippen molar-refractivity contribution < 1.29 is 14.3 Å². The molecule has 0 spiro atoms. The third-order valence-electron chi connectivity index (χ3n) is 3.75. The molecule has 1 aromatic rings. The number of piperazine rings is 1. The number of ether oxygens (including phenoxy) is 1. The topological polar surface area (TPSA) is 58.6 Å². The van der Waals surface area contributed by atoms with Crippen molar-refractivity contribution in [2.45, 2.75) is 39.3 Å². The molecule has 21 heavy (non-hydrogen) atoms. The smallest absolute Gasteiger partial charge is 0.243 e. The second-order valence-corrected chi connectivity index (χ2v) is 5.36. The van der Waals surface area contributed by atoms with Crippen LogP contribution in [0.5, 0.6) is 5.75 Å². The van der Waals surface area contributed by atoms with Gasteiger partial charge in [0.1, 0.15) is 11.8 Å². The van der Waals surface area contributed by atoms with Crippen molar-refractivity contribution in [1.82, 2.24) is 10.2 Å². The van der Waals surface area contributed by atoms with Gasteiger partial charge in [0.2, 0.25) is 11.8 Å². The molecule has 1 unspecified atom stereocenters. The fourth-order valence-electron chi connectivity index (χ4n) is 2.67. The van der Waals surface area contributed by atoms with Crippen molar-refractivity contribution in [2.24, 2.45) is 0 Å². The van der Waals surface area contributed by atoms with Gasteiger partial charge in [-0.25, -0.2) is 0 Å². The van der Waals surface area contributed by atoms with E-state index in [0.717, 1.165) is 23.3 Å². The molecule has 1 aliphatic heterocycles. The number of hydrogen-bond acceptors (Lipinski definition) is 3. The number of aryl methyl sites for hydroxylation is 1. The summed E-state index contributed by atoms with van der Waals surface area (Å²) in [6, 6.07) is 5.48. The lowest BCUT2D eigenvalue weighted by Crippen LogP contribution is -2.57. The highest BCUT2D eigenvalue weighted by Crippen LogP contribution is 2.24. The quantitative estimate of drug-likeness (QED) is 0.896. The van der Waals surface area contributed by atoms with Gasteiger partial charge in [-0.05, 0) is 19.4 Å². The van der Waals surface area contributed by atoms with Crippen molar-refractivity contribution in [3.8, 4) is 5.75 Å². The zero-order valence-corrected chi connectivity index (χ0v) is 12.8. The molecule has 0 aromatic heterocycles. The summed E-state index contributed by atoms with van der Waals surface area (Å²) in [5.74, 6) is 0.634. The summed E-state index contributed by atoms with van der Waals surface area (Å²) in [5, 5.41) is 2.66. The fraction of sp³-hybridized carbons (Fsp3) is 0.500. The minimum atomic E-state index is -0.388. The van der Waals surface area contributed by atoms with E-state index in [9.17, 15) is 9.59 Å². The van der Waals surface area contributed by atoms with Gasteiger partial charge in [0.05, 0.1) is 20.2 Å². The maximum atomic E-state index is 12.2. The molecule has 1 N–H and O–H groups in total. The van der Waals surface area contributed by atoms with Crippen LogP contribution in [0.2, 0.25) is 0 Å². The van der Waals surface area contributed by atoms with Gasteiger partial charge >= 0.3 is 0 Å². The zero-order chi connectivity index (χ0) is 15.4. The fourth-order valence-corrected chi connectivity index (χ4v) is 2.67. The number of carbonyl (C=O) groups excluding carboxylic acids is 2. The molecule has 1 saturated heterocycles. The lowest BCUT2D eigenvalue weighted by atomic mass is 10.0. The number of nitrogens with one attached hydrogen (secondary N) is 1. The normalized spacial score (nSPS) is 18.6. The third-order valence-corrected chi connectivity index (χ3v) is 3.75. The lowest BCUT2D eigenvalue weighted by Gasteiger charge is -2.35. The van der Waals surface area contributed by atoms with Crippen LogP contribution in [0.3, 0.4) is 0 Å². The minimum absolute atomic E-state index is 0.0448. The van der Waals surface area contributed by atoms with Gasteiger partial charge in [-0.3, -0.25) is 9.59 Å². The van der Waals surface area contributed by atoms with Crippen LogP contribution in [0.25, 0.3) is 0 Å². The van der Waals surface area contributed by atoms with E-state index in [0.29, 0.717) is 13.0 Å². The van der Waals surface area contributed by atoms with Crippen molar-refractivity contribution in [1.29, 1.82) is 0 Å². The highest BCUT2D eigenvalue weighted by Gasteiger charge is 2.34. The van der Waals surface area contributed by atoms with Gasteiger partial charge < -0.3 is 15.0 Å². The van der Waals surface area contributed by atoms with E-state index in [1.54, 1.807) is 12.0 Å². The van der Waals surface area contributed by atoms with E-state index >= 15 is 0 Å². The van der Waals surface area contributed by atoms with Gasteiger partial charge in [0.25, 0.3) is 0 Å². The first kappa shape index (κ1) is 15.4. The Bertz CT molecular complexity index is 542. The molecular formula is C16H22N2O3. The zero-order valence-electron chi connectivity index (χ0n) is 12.8. The second kappa shape index (κ2) is 6.61. The number of rotatable bonds is 5. The summed E-state index contributed by atoms with van der Waals surface area (Å²) in [7, 11) is 1.61. The van der Waals surface area contributed by atoms with Crippen molar-refractivity contribution in [3.05, 3.63) is 29.3 Å². The highest BCUT2D eigenvalue weighted by molar-refractivity contribution is 5.94. The standard InChI is InChI=1S/C16H22N2O3/c1-4-5-13-16(20)17-9-15(19)18(13)10-12-8-11(2)6-7-14(12)21-3/h6-8,13H,4-5,9-10H2,1-3H3,(H,17,20). The lowest BCUT2D eigenvalue weighted by molar-refractivity contribution is -0.146. The first-order chi connectivity index (χ1) is 10.1. The van der Waals surface area contributed by atoms with Gasteiger partial charge in [-0.2, -0.15) is 0 Å². The SMILES string of the molecule is CCCC1C(=O)NCC(=O)N1Cc1cc(C)ccc1OC. The molecule has 1 heterocycles. The van der Waals surface area contributed by atoms with Crippen LogP contribution in [0.4, 0.5) is 0 Å². The van der Waals surface area contributed by atoms with Gasteiger partial charge in [-0.1, -0.05) is 31.0 Å². The average molecular weight is 290 g/mol. The van der Waals surface area contributed by atoms with Crippen LogP contribution in [-0.2, 0) is 16.1 Å². The third kappa shape index (κ3) is 3.35. The molecule has 0 aliphatic carbocycles. The predicted molar refractivity (Wildman–Crippen MR) is 80.0 cm³/mol. The Morgan fingerprint density at radius 1 is 1.38 bits per heavy atom. The molecule has 5 heteroatoms. The summed E-state index contributed by atoms with van der Waals surface area (Å²) in [6.07, 6.45) is 1.53. The number of nitrogens with zero attached hydrogens (tertiary/aromatic N) is 1. The molecule has 0 radical (unpaired) electrons. The highest BCUT2D eigenvalue weighted by atomic mass is 16.5. The monoisotopic (exact) mass is 290 g/mol. The van der Waals surface area contributed by atoms with Crippen molar-refractivity contribution in [3.63, 3.8) is 0 Å². The first-order valence-electron chi connectivity index (χ1n) is 7.27. The van der Waals surface area contributed by atoms with E-state index in [-0.39, 0.29) is 24.4 Å². The van der Waals surface area contributed by atoms with Crippen LogP contribution < -0.4 is 10.1 Å². The Kier molecular flexibility index (Phi) is 4.83. The Hall–Kier alpha value is -2.04. The second-order valence-electron chi connectivity index (χ2n) is 5.36. The number of methoxy groups -OCH3 is 1. The van der Waals surface area contributed by atoms with Crippen LogP contribution in [0.1, 0.15) is 30.9 Å². The maximum Gasteiger partial charge on any atom is 0.243 e. The molecule has 1 aromatic carbocycles. The molecule has 2 rings (SSSR count). The van der Waals surface area contributed by atoms with Crippen molar-refractivity contribution in [2.75, 3.05) is 13.7 Å². The number of hydrogen-bond donors (Lipinski definition) is 1. The predicted octanol–water partition coefficient (Wildman–Crippen LogP) is 1.63. The average Bonchev–Trinajstić information content (AvgIpc) is 2.47. The number of carbonyl (C=O) groups is 2. The van der Waals surface area contributed by atoms with E-state index < -0.39 is 0 Å². The molecule has 1 aliphatic rings. The summed E-state index contributed by atoms with van der Waals surface area (Å²) < 4.78 is 5.36. The molecule has 0 bridgehead atoms. The maximum absolute atomic E-state index is 12.2. The molecular weight excluding hydrogens is 268 g/mol. The molecule has 0 saturated carbocycles. The Morgan fingerprint density at radius 3 is 2.81 bits per heavy atom. The van der Waals surface area contributed by atoms with Crippen LogP contribution in [0.15, 0.2) is 18.2 Å². The van der Waals surface area contributed by atoms with Crippen LogP contribution in [0, 0.1) is 6.92 Å². The molecule has 2 amide bonds. The molecule has 1 fully saturated rings. The van der Waals surface area contributed by atoms with E-state index in [1.165, 1.54) is 0 Å². The molecule has 5 nitrogen and oxygen atoms in total. The number of benzene rings is 1. The number of amides is 2. The van der Waals surface area contributed by atoms with E-state index in [1.807, 2.05) is 32.0 Å². The Labute approximate surface area is 125 Å². The molecule has 114 valence electrons. The van der Waals surface area contributed by atoms with Crippen molar-refractivity contribution >= 4 is 11.8 Å². The minimum Gasteiger partial charge on any atom is -0.496 e. The first-order valence-corrected chi connectivity index (χ1v) is 7.27. The largest absolute Gasteiger partial charge is 0.496 e.